The molecule has 0 aliphatic heterocycles. The molecule has 1 aliphatic rings. The summed E-state index contributed by atoms with van der Waals surface area (Å²) < 4.78 is 11.8. The fourth-order valence-electron chi connectivity index (χ4n) is 3.15. The monoisotopic (exact) mass is 245 g/mol. The van der Waals surface area contributed by atoms with Gasteiger partial charge < -0.3 is 0 Å². The summed E-state index contributed by atoms with van der Waals surface area (Å²) in [4.78, 5) is 9.71. The van der Waals surface area contributed by atoms with Gasteiger partial charge in [-0.15, -0.1) is 0 Å². The van der Waals surface area contributed by atoms with E-state index in [2.05, 4.69) is 13.8 Å². The van der Waals surface area contributed by atoms with E-state index in [0.29, 0.717) is 5.92 Å². The lowest BCUT2D eigenvalue weighted by Crippen LogP contribution is -2.29. The first-order valence-corrected chi connectivity index (χ1v) is 8.05. The van der Waals surface area contributed by atoms with Crippen LogP contribution >= 0.6 is 8.03 Å². The molecule has 0 amide bonds. The molecule has 3 heteroatoms. The van der Waals surface area contributed by atoms with E-state index < -0.39 is 8.03 Å². The molecular formula is C13H26O2P+. The molecule has 0 saturated heterocycles. The summed E-state index contributed by atoms with van der Waals surface area (Å²) in [7, 11) is -2.00. The standard InChI is InChI=1S/C13H25O2P/c1-3-5-8-12-9-7-11-13(12,16(14)15)10-6-4-2/h12H,3-11H2,1-2H3/p+1. The van der Waals surface area contributed by atoms with Crippen LogP contribution in [-0.4, -0.2) is 10.0 Å². The highest BCUT2D eigenvalue weighted by atomic mass is 31.1. The van der Waals surface area contributed by atoms with Gasteiger partial charge in [0.1, 0.15) is 0 Å². The van der Waals surface area contributed by atoms with Crippen LogP contribution in [0.5, 0.6) is 0 Å². The Balaban J connectivity index is 2.68. The van der Waals surface area contributed by atoms with E-state index in [1.807, 2.05) is 0 Å². The SMILES string of the molecule is CCCCC1CCCC1(CCCC)[P+](=O)O. The van der Waals surface area contributed by atoms with Crippen LogP contribution in [0.2, 0.25) is 0 Å². The molecule has 0 radical (unpaired) electrons. The molecule has 0 aromatic carbocycles. The first-order valence-electron chi connectivity index (χ1n) is 6.83. The van der Waals surface area contributed by atoms with Gasteiger partial charge in [0.15, 0.2) is 5.16 Å². The molecule has 0 spiro atoms. The second-order valence-corrected chi connectivity index (χ2v) is 6.65. The Morgan fingerprint density at radius 3 is 2.56 bits per heavy atom. The fourth-order valence-corrected chi connectivity index (χ4v) is 4.42. The predicted molar refractivity (Wildman–Crippen MR) is 68.9 cm³/mol. The smallest absolute Gasteiger partial charge is 0.160 e. The van der Waals surface area contributed by atoms with Crippen molar-refractivity contribution in [1.29, 1.82) is 0 Å². The van der Waals surface area contributed by atoms with Gasteiger partial charge in [0.25, 0.3) is 0 Å². The summed E-state index contributed by atoms with van der Waals surface area (Å²) in [5.41, 5.74) is 0. The number of hydrogen-bond acceptors (Lipinski definition) is 1. The zero-order valence-electron chi connectivity index (χ0n) is 10.7. The minimum atomic E-state index is -2.00. The summed E-state index contributed by atoms with van der Waals surface area (Å²) >= 11 is 0. The van der Waals surface area contributed by atoms with Crippen molar-refractivity contribution in [2.75, 3.05) is 0 Å². The summed E-state index contributed by atoms with van der Waals surface area (Å²) in [6, 6.07) is 0. The molecule has 0 aromatic heterocycles. The number of hydrogen-bond donors (Lipinski definition) is 1. The molecule has 0 heterocycles. The average molecular weight is 245 g/mol. The third kappa shape index (κ3) is 3.05. The van der Waals surface area contributed by atoms with Gasteiger partial charge in [-0.1, -0.05) is 33.1 Å². The lowest BCUT2D eigenvalue weighted by molar-refractivity contribution is 0.325. The summed E-state index contributed by atoms with van der Waals surface area (Å²) in [6.07, 6.45) is 10.1. The van der Waals surface area contributed by atoms with Crippen molar-refractivity contribution in [2.45, 2.75) is 76.8 Å². The van der Waals surface area contributed by atoms with Crippen LogP contribution < -0.4 is 0 Å². The molecule has 3 unspecified atom stereocenters. The van der Waals surface area contributed by atoms with Crippen LogP contribution in [-0.2, 0) is 4.57 Å². The highest BCUT2D eigenvalue weighted by molar-refractivity contribution is 7.40. The maximum Gasteiger partial charge on any atom is 0.512 e. The molecule has 3 atom stereocenters. The zero-order valence-corrected chi connectivity index (χ0v) is 11.6. The van der Waals surface area contributed by atoms with Gasteiger partial charge in [-0.25, -0.2) is 0 Å². The highest BCUT2D eigenvalue weighted by Gasteiger charge is 2.56. The lowest BCUT2D eigenvalue weighted by Gasteiger charge is -2.23. The van der Waals surface area contributed by atoms with Gasteiger partial charge >= 0.3 is 8.03 Å². The molecule has 0 bridgehead atoms. The van der Waals surface area contributed by atoms with E-state index in [0.717, 1.165) is 38.5 Å². The van der Waals surface area contributed by atoms with Crippen LogP contribution in [0.15, 0.2) is 0 Å². The Kier molecular flexibility index (Phi) is 5.92. The van der Waals surface area contributed by atoms with Crippen molar-refractivity contribution in [3.63, 3.8) is 0 Å². The molecule has 1 N–H and O–H groups in total. The molecule has 94 valence electrons. The van der Waals surface area contributed by atoms with Crippen LogP contribution in [0.1, 0.15) is 71.6 Å². The van der Waals surface area contributed by atoms with E-state index in [1.165, 1.54) is 19.3 Å². The first kappa shape index (κ1) is 14.1. The van der Waals surface area contributed by atoms with Gasteiger partial charge in [0.2, 0.25) is 0 Å². The molecule has 0 aromatic rings. The van der Waals surface area contributed by atoms with E-state index >= 15 is 0 Å². The van der Waals surface area contributed by atoms with Crippen molar-refractivity contribution in [3.8, 4) is 0 Å². The third-order valence-electron chi connectivity index (χ3n) is 4.17. The quantitative estimate of drug-likeness (QED) is 0.663. The Bertz CT molecular complexity index is 230. The largest absolute Gasteiger partial charge is 0.512 e. The predicted octanol–water partition coefficient (Wildman–Crippen LogP) is 4.64. The van der Waals surface area contributed by atoms with Crippen molar-refractivity contribution < 1.29 is 9.46 Å². The Hall–Kier alpha value is 0.0600. The minimum Gasteiger partial charge on any atom is -0.160 e. The molecule has 1 aliphatic carbocycles. The van der Waals surface area contributed by atoms with E-state index in [-0.39, 0.29) is 5.16 Å². The first-order chi connectivity index (χ1) is 7.67. The van der Waals surface area contributed by atoms with Gasteiger partial charge in [-0.2, -0.15) is 4.89 Å². The van der Waals surface area contributed by atoms with Crippen LogP contribution in [0.4, 0.5) is 0 Å². The van der Waals surface area contributed by atoms with E-state index in [4.69, 9.17) is 0 Å². The molecular weight excluding hydrogens is 219 g/mol. The lowest BCUT2D eigenvalue weighted by atomic mass is 9.86. The molecule has 16 heavy (non-hydrogen) atoms. The van der Waals surface area contributed by atoms with Crippen LogP contribution in [0.25, 0.3) is 0 Å². The average Bonchev–Trinajstić information content (AvgIpc) is 2.67. The van der Waals surface area contributed by atoms with Crippen molar-refractivity contribution in [2.24, 2.45) is 5.92 Å². The maximum absolute atomic E-state index is 11.8. The van der Waals surface area contributed by atoms with Crippen molar-refractivity contribution in [1.82, 2.24) is 0 Å². The summed E-state index contributed by atoms with van der Waals surface area (Å²) in [6.45, 7) is 4.36. The topological polar surface area (TPSA) is 37.3 Å². The normalized spacial score (nSPS) is 30.7. The van der Waals surface area contributed by atoms with Gasteiger partial charge in [-0.05, 0) is 30.2 Å². The van der Waals surface area contributed by atoms with Crippen LogP contribution in [0, 0.1) is 5.92 Å². The number of rotatable bonds is 7. The Morgan fingerprint density at radius 1 is 1.31 bits per heavy atom. The second kappa shape index (κ2) is 6.71. The molecule has 1 rings (SSSR count). The fraction of sp³-hybridized carbons (Fsp3) is 1.00. The van der Waals surface area contributed by atoms with Crippen molar-refractivity contribution >= 4 is 8.03 Å². The maximum atomic E-state index is 11.8. The van der Waals surface area contributed by atoms with Gasteiger partial charge in [0.05, 0.1) is 0 Å². The van der Waals surface area contributed by atoms with Gasteiger partial charge in [-0.3, -0.25) is 0 Å². The second-order valence-electron chi connectivity index (χ2n) is 5.21. The summed E-state index contributed by atoms with van der Waals surface area (Å²) in [5.74, 6) is 0.507. The van der Waals surface area contributed by atoms with E-state index in [9.17, 15) is 9.46 Å². The van der Waals surface area contributed by atoms with Crippen LogP contribution in [0.3, 0.4) is 0 Å². The Labute approximate surface area is 101 Å². The molecule has 1 fully saturated rings. The van der Waals surface area contributed by atoms with Gasteiger partial charge in [0, 0.05) is 18.8 Å². The summed E-state index contributed by atoms with van der Waals surface area (Å²) in [5, 5.41) is -0.222. The highest BCUT2D eigenvalue weighted by Crippen LogP contribution is 2.56. The third-order valence-corrected chi connectivity index (χ3v) is 5.75. The van der Waals surface area contributed by atoms with Crippen molar-refractivity contribution in [3.05, 3.63) is 0 Å². The minimum absolute atomic E-state index is 0.222. The van der Waals surface area contributed by atoms with E-state index in [1.54, 1.807) is 0 Å². The molecule has 1 saturated carbocycles. The Morgan fingerprint density at radius 2 is 2.00 bits per heavy atom. The number of unbranched alkanes of at least 4 members (excludes halogenated alkanes) is 2. The zero-order chi connectivity index (χ0) is 12.0. The molecule has 2 nitrogen and oxygen atoms in total.